The largest absolute Gasteiger partial charge is 0.393 e. The summed E-state index contributed by atoms with van der Waals surface area (Å²) in [5, 5.41) is 19.9. The second kappa shape index (κ2) is 8.07. The highest BCUT2D eigenvalue weighted by Gasteiger charge is 2.59. The summed E-state index contributed by atoms with van der Waals surface area (Å²) in [5.41, 5.74) is 2.60. The van der Waals surface area contributed by atoms with Crippen LogP contribution in [0.2, 0.25) is 0 Å². The van der Waals surface area contributed by atoms with E-state index in [0.717, 1.165) is 68.9 Å². The van der Waals surface area contributed by atoms with Crippen molar-refractivity contribution in [2.24, 2.45) is 45.8 Å². The van der Waals surface area contributed by atoms with Gasteiger partial charge in [-0.15, -0.1) is 0 Å². The maximum absolute atomic E-state index is 12.8. The summed E-state index contributed by atoms with van der Waals surface area (Å²) in [6.45, 7) is 9.33. The first-order chi connectivity index (χ1) is 16.1. The predicted molar refractivity (Wildman–Crippen MR) is 134 cm³/mol. The number of hydrogen-bond donors (Lipinski definition) is 2. The number of likely N-dealkylation sites (tertiary alicyclic amines) is 1. The maximum atomic E-state index is 12.8. The van der Waals surface area contributed by atoms with Crippen LogP contribution in [0.3, 0.4) is 0 Å². The number of aliphatic hydroxyl groups excluding tert-OH is 2. The number of amides is 1. The summed E-state index contributed by atoms with van der Waals surface area (Å²) >= 11 is 0. The SMILES string of the molecule is CC(CCC(=O)N1CC2(CC(O)C2)C1)[C@H]1CC[C@H]2[C@@H]3CC=C4C[C@@H](O)CC[C@]4(C)[C@H]3CC[C@]12C. The number of fused-ring (bicyclic) bond motifs is 5. The van der Waals surface area contributed by atoms with Gasteiger partial charge in [0.05, 0.1) is 12.2 Å². The van der Waals surface area contributed by atoms with E-state index in [1.807, 2.05) is 0 Å². The van der Waals surface area contributed by atoms with E-state index >= 15 is 0 Å². The molecule has 1 spiro atoms. The van der Waals surface area contributed by atoms with Crippen molar-refractivity contribution < 1.29 is 15.0 Å². The van der Waals surface area contributed by atoms with E-state index in [4.69, 9.17) is 0 Å². The van der Waals surface area contributed by atoms with Gasteiger partial charge in [-0.2, -0.15) is 0 Å². The van der Waals surface area contributed by atoms with E-state index in [1.165, 1.54) is 38.5 Å². The fourth-order valence-electron chi connectivity index (χ4n) is 10.5. The van der Waals surface area contributed by atoms with Gasteiger partial charge in [-0.3, -0.25) is 4.79 Å². The molecular formula is C30H47NO3. The minimum atomic E-state index is -0.123. The van der Waals surface area contributed by atoms with Crippen LogP contribution in [0.5, 0.6) is 0 Å². The predicted octanol–water partition coefficient (Wildman–Crippen LogP) is 5.33. The summed E-state index contributed by atoms with van der Waals surface area (Å²) in [5.74, 6) is 4.17. The fourth-order valence-corrected chi connectivity index (χ4v) is 10.5. The number of nitrogens with zero attached hydrogens (tertiary/aromatic N) is 1. The summed E-state index contributed by atoms with van der Waals surface area (Å²) < 4.78 is 0. The van der Waals surface area contributed by atoms with Crippen LogP contribution in [0.15, 0.2) is 11.6 Å². The Hall–Kier alpha value is -0.870. The van der Waals surface area contributed by atoms with Gasteiger partial charge in [-0.1, -0.05) is 32.4 Å². The third-order valence-corrected chi connectivity index (χ3v) is 12.4. The monoisotopic (exact) mass is 469 g/mol. The van der Waals surface area contributed by atoms with Crippen molar-refractivity contribution in [3.63, 3.8) is 0 Å². The van der Waals surface area contributed by atoms with Crippen LogP contribution in [0.25, 0.3) is 0 Å². The summed E-state index contributed by atoms with van der Waals surface area (Å²) in [6, 6.07) is 0. The molecule has 4 heteroatoms. The average molecular weight is 470 g/mol. The Labute approximate surface area is 206 Å². The average Bonchev–Trinajstić information content (AvgIpc) is 3.11. The Bertz CT molecular complexity index is 853. The van der Waals surface area contributed by atoms with Gasteiger partial charge in [0.25, 0.3) is 0 Å². The van der Waals surface area contributed by atoms with Crippen molar-refractivity contribution in [1.29, 1.82) is 0 Å². The van der Waals surface area contributed by atoms with Crippen LogP contribution in [0.4, 0.5) is 0 Å². The molecule has 0 aromatic heterocycles. The molecule has 6 rings (SSSR count). The van der Waals surface area contributed by atoms with Crippen molar-refractivity contribution in [2.45, 2.75) is 110 Å². The number of carbonyl (C=O) groups is 1. The number of carbonyl (C=O) groups excluding carboxylic acids is 1. The molecule has 1 heterocycles. The van der Waals surface area contributed by atoms with Crippen molar-refractivity contribution in [3.8, 4) is 0 Å². The molecule has 5 aliphatic carbocycles. The topological polar surface area (TPSA) is 60.8 Å². The third kappa shape index (κ3) is 3.48. The van der Waals surface area contributed by atoms with Gasteiger partial charge in [0.15, 0.2) is 0 Å². The molecule has 0 aromatic rings. The molecule has 1 saturated heterocycles. The van der Waals surface area contributed by atoms with Crippen molar-refractivity contribution >= 4 is 5.91 Å². The van der Waals surface area contributed by atoms with E-state index in [1.54, 1.807) is 5.57 Å². The first kappa shape index (κ1) is 23.5. The van der Waals surface area contributed by atoms with Gasteiger partial charge in [0.1, 0.15) is 0 Å². The molecule has 2 N–H and O–H groups in total. The second-order valence-corrected chi connectivity index (χ2v) is 14.2. The van der Waals surface area contributed by atoms with E-state index in [2.05, 4.69) is 31.7 Å². The highest BCUT2D eigenvalue weighted by atomic mass is 16.3. The number of hydrogen-bond acceptors (Lipinski definition) is 3. The second-order valence-electron chi connectivity index (χ2n) is 14.2. The molecular weight excluding hydrogens is 422 g/mol. The minimum Gasteiger partial charge on any atom is -0.393 e. The molecule has 0 bridgehead atoms. The van der Waals surface area contributed by atoms with Crippen LogP contribution in [0.1, 0.15) is 97.8 Å². The molecule has 0 radical (unpaired) electrons. The Morgan fingerprint density at radius 3 is 2.56 bits per heavy atom. The number of rotatable bonds is 4. The Morgan fingerprint density at radius 2 is 1.82 bits per heavy atom. The van der Waals surface area contributed by atoms with E-state index in [0.29, 0.717) is 29.1 Å². The van der Waals surface area contributed by atoms with E-state index in [-0.39, 0.29) is 17.6 Å². The lowest BCUT2D eigenvalue weighted by molar-refractivity contribution is -0.163. The van der Waals surface area contributed by atoms with Crippen molar-refractivity contribution in [1.82, 2.24) is 4.90 Å². The first-order valence-corrected chi connectivity index (χ1v) is 14.5. The molecule has 4 nitrogen and oxygen atoms in total. The number of aliphatic hydroxyl groups is 2. The summed E-state index contributed by atoms with van der Waals surface area (Å²) in [4.78, 5) is 14.9. The quantitative estimate of drug-likeness (QED) is 0.548. The fraction of sp³-hybridized carbons (Fsp3) is 0.900. The van der Waals surface area contributed by atoms with Crippen LogP contribution in [-0.4, -0.2) is 46.3 Å². The van der Waals surface area contributed by atoms with Crippen LogP contribution in [0, 0.1) is 45.8 Å². The van der Waals surface area contributed by atoms with Gasteiger partial charge in [-0.25, -0.2) is 0 Å². The van der Waals surface area contributed by atoms with Crippen molar-refractivity contribution in [2.75, 3.05) is 13.1 Å². The van der Waals surface area contributed by atoms with Crippen LogP contribution < -0.4 is 0 Å². The molecule has 4 saturated carbocycles. The molecule has 6 aliphatic rings. The zero-order valence-corrected chi connectivity index (χ0v) is 21.8. The first-order valence-electron chi connectivity index (χ1n) is 14.5. The normalized spacial score (nSPS) is 46.0. The van der Waals surface area contributed by atoms with Gasteiger partial charge in [-0.05, 0) is 111 Å². The molecule has 5 fully saturated rings. The molecule has 1 unspecified atom stereocenters. The van der Waals surface area contributed by atoms with Gasteiger partial charge in [0.2, 0.25) is 5.91 Å². The number of allylic oxidation sites excluding steroid dienone is 1. The lowest BCUT2D eigenvalue weighted by Crippen LogP contribution is -2.65. The molecule has 34 heavy (non-hydrogen) atoms. The highest BCUT2D eigenvalue weighted by Crippen LogP contribution is 2.67. The zero-order chi connectivity index (χ0) is 23.9. The molecule has 0 aromatic carbocycles. The van der Waals surface area contributed by atoms with Gasteiger partial charge < -0.3 is 15.1 Å². The third-order valence-electron chi connectivity index (χ3n) is 12.4. The lowest BCUT2D eigenvalue weighted by atomic mass is 9.47. The Balaban J connectivity index is 1.08. The van der Waals surface area contributed by atoms with Crippen molar-refractivity contribution in [3.05, 3.63) is 11.6 Å². The minimum absolute atomic E-state index is 0.119. The maximum Gasteiger partial charge on any atom is 0.222 e. The Morgan fingerprint density at radius 1 is 1.06 bits per heavy atom. The van der Waals surface area contributed by atoms with Crippen LogP contribution in [-0.2, 0) is 4.79 Å². The molecule has 190 valence electrons. The standard InChI is InChI=1S/C30H47NO3/c1-19(4-9-27(34)31-17-30(18-31)15-22(33)16-30)24-7-8-25-23-6-5-20-14-21(32)10-12-28(20,2)26(23)11-13-29(24,25)3/h5,19,21-26,32-33H,4,6-18H2,1-3H3/t19?,21-,23-,24+,25-,26-,28-,29+/m0/s1. The molecule has 1 aliphatic heterocycles. The van der Waals surface area contributed by atoms with Gasteiger partial charge >= 0.3 is 0 Å². The Kier molecular flexibility index (Phi) is 5.58. The molecule has 8 atom stereocenters. The summed E-state index contributed by atoms with van der Waals surface area (Å²) in [7, 11) is 0. The van der Waals surface area contributed by atoms with Gasteiger partial charge in [0, 0.05) is 24.9 Å². The van der Waals surface area contributed by atoms with E-state index in [9.17, 15) is 15.0 Å². The highest BCUT2D eigenvalue weighted by molar-refractivity contribution is 5.77. The molecule has 1 amide bonds. The summed E-state index contributed by atoms with van der Waals surface area (Å²) in [6.07, 6.45) is 15.5. The lowest BCUT2D eigenvalue weighted by Gasteiger charge is -2.58. The smallest absolute Gasteiger partial charge is 0.222 e. The zero-order valence-electron chi connectivity index (χ0n) is 21.8. The van der Waals surface area contributed by atoms with Crippen LogP contribution >= 0.6 is 0 Å². The van der Waals surface area contributed by atoms with E-state index < -0.39 is 0 Å².